The van der Waals surface area contributed by atoms with Crippen LogP contribution in [0.1, 0.15) is 30.9 Å². The maximum absolute atomic E-state index is 11.0. The topological polar surface area (TPSA) is 50.4 Å². The van der Waals surface area contributed by atoms with E-state index >= 15 is 0 Å². The van der Waals surface area contributed by atoms with Crippen molar-refractivity contribution < 1.29 is 9.53 Å². The molecule has 1 aromatic carbocycles. The van der Waals surface area contributed by atoms with Crippen LogP contribution in [0.4, 0.5) is 4.79 Å². The highest BCUT2D eigenvalue weighted by Crippen LogP contribution is 2.06. The van der Waals surface area contributed by atoms with E-state index in [0.29, 0.717) is 13.2 Å². The molecule has 4 nitrogen and oxygen atoms in total. The van der Waals surface area contributed by atoms with Crippen molar-refractivity contribution in [1.29, 1.82) is 0 Å². The molecule has 0 aromatic heterocycles. The zero-order valence-electron chi connectivity index (χ0n) is 11.2. The number of rotatable bonds is 7. The molecular formula is C14H22N2O2. The number of ether oxygens (including phenoxy) is 1. The summed E-state index contributed by atoms with van der Waals surface area (Å²) in [6, 6.07) is 7.92. The van der Waals surface area contributed by atoms with Gasteiger partial charge in [0.2, 0.25) is 0 Å². The Kier molecular flexibility index (Phi) is 6.87. The minimum Gasteiger partial charge on any atom is -0.377 e. The van der Waals surface area contributed by atoms with Gasteiger partial charge >= 0.3 is 6.03 Å². The monoisotopic (exact) mass is 250 g/mol. The summed E-state index contributed by atoms with van der Waals surface area (Å²) in [4.78, 5) is 11.0. The van der Waals surface area contributed by atoms with Gasteiger partial charge in [0.15, 0.2) is 0 Å². The molecule has 2 N–H and O–H groups in total. The summed E-state index contributed by atoms with van der Waals surface area (Å²) in [6.45, 7) is 4.16. The lowest BCUT2D eigenvalue weighted by Gasteiger charge is -2.06. The Morgan fingerprint density at radius 3 is 2.50 bits per heavy atom. The third kappa shape index (κ3) is 5.68. The fourth-order valence-electron chi connectivity index (χ4n) is 1.46. The van der Waals surface area contributed by atoms with E-state index in [0.717, 1.165) is 30.6 Å². The Labute approximate surface area is 109 Å². The lowest BCUT2D eigenvalue weighted by atomic mass is 10.1. The van der Waals surface area contributed by atoms with Crippen LogP contribution in [0.25, 0.3) is 0 Å². The molecule has 0 aliphatic rings. The third-order valence-electron chi connectivity index (χ3n) is 2.61. The average molecular weight is 250 g/mol. The zero-order valence-corrected chi connectivity index (χ0v) is 11.2. The average Bonchev–Trinajstić information content (AvgIpc) is 2.42. The van der Waals surface area contributed by atoms with Gasteiger partial charge in [-0.05, 0) is 17.5 Å². The Balaban J connectivity index is 2.31. The summed E-state index contributed by atoms with van der Waals surface area (Å²) >= 11 is 0. The van der Waals surface area contributed by atoms with Crippen LogP contribution in [0.5, 0.6) is 0 Å². The molecule has 0 fully saturated rings. The number of benzene rings is 1. The number of hydrogen-bond donors (Lipinski definition) is 2. The maximum Gasteiger partial charge on any atom is 0.314 e. The van der Waals surface area contributed by atoms with Crippen LogP contribution < -0.4 is 10.6 Å². The van der Waals surface area contributed by atoms with Gasteiger partial charge in [-0.2, -0.15) is 0 Å². The molecule has 1 aromatic rings. The van der Waals surface area contributed by atoms with E-state index in [2.05, 4.69) is 17.6 Å². The number of carbonyl (C=O) groups excluding carboxylic acids is 1. The molecular weight excluding hydrogens is 228 g/mol. The van der Waals surface area contributed by atoms with Gasteiger partial charge in [-0.25, -0.2) is 4.79 Å². The van der Waals surface area contributed by atoms with Gasteiger partial charge in [-0.15, -0.1) is 0 Å². The first kappa shape index (κ1) is 14.5. The second-order valence-electron chi connectivity index (χ2n) is 4.16. The second-order valence-corrected chi connectivity index (χ2v) is 4.16. The summed E-state index contributed by atoms with van der Waals surface area (Å²) < 4.78 is 5.54. The molecule has 100 valence electrons. The van der Waals surface area contributed by atoms with Crippen LogP contribution in [0, 0.1) is 0 Å². The van der Waals surface area contributed by atoms with Gasteiger partial charge in [0, 0.05) is 20.2 Å². The molecule has 18 heavy (non-hydrogen) atoms. The predicted octanol–water partition coefficient (Wildman–Crippen LogP) is 2.43. The first-order valence-electron chi connectivity index (χ1n) is 6.37. The van der Waals surface area contributed by atoms with Crippen molar-refractivity contribution in [2.45, 2.75) is 32.9 Å². The predicted molar refractivity (Wildman–Crippen MR) is 72.3 cm³/mol. The Hall–Kier alpha value is -1.55. The lowest BCUT2D eigenvalue weighted by molar-refractivity contribution is 0.118. The van der Waals surface area contributed by atoms with E-state index in [-0.39, 0.29) is 6.03 Å². The molecule has 0 spiro atoms. The highest BCUT2D eigenvalue weighted by molar-refractivity contribution is 5.73. The van der Waals surface area contributed by atoms with Crippen LogP contribution in [-0.2, 0) is 17.9 Å². The molecule has 0 saturated heterocycles. The fraction of sp³-hybridized carbons (Fsp3) is 0.500. The largest absolute Gasteiger partial charge is 0.377 e. The molecule has 1 rings (SSSR count). The molecule has 0 aliphatic carbocycles. The van der Waals surface area contributed by atoms with Crippen LogP contribution in [-0.4, -0.2) is 19.7 Å². The molecule has 0 heterocycles. The number of carbonyl (C=O) groups is 1. The molecule has 0 atom stereocenters. The first-order chi connectivity index (χ1) is 8.76. The molecule has 2 amide bonds. The van der Waals surface area contributed by atoms with Crippen molar-refractivity contribution in [1.82, 2.24) is 10.6 Å². The third-order valence-corrected chi connectivity index (χ3v) is 2.61. The van der Waals surface area contributed by atoms with Crippen molar-refractivity contribution in [3.8, 4) is 0 Å². The summed E-state index contributed by atoms with van der Waals surface area (Å²) in [5.41, 5.74) is 2.24. The van der Waals surface area contributed by atoms with Crippen molar-refractivity contribution in [2.24, 2.45) is 0 Å². The second kappa shape index (κ2) is 8.53. The fourth-order valence-corrected chi connectivity index (χ4v) is 1.46. The molecule has 0 radical (unpaired) electrons. The standard InChI is InChI=1S/C14H22N2O2/c1-3-4-9-18-11-13-7-5-12(6-8-13)10-16-14(17)15-2/h5-8H,3-4,9-11H2,1-2H3,(H2,15,16,17). The van der Waals surface area contributed by atoms with Gasteiger partial charge in [0.05, 0.1) is 6.61 Å². The van der Waals surface area contributed by atoms with E-state index in [1.807, 2.05) is 24.3 Å². The van der Waals surface area contributed by atoms with E-state index < -0.39 is 0 Å². The summed E-state index contributed by atoms with van der Waals surface area (Å²) in [5.74, 6) is 0. The van der Waals surface area contributed by atoms with Crippen molar-refractivity contribution in [3.05, 3.63) is 35.4 Å². The first-order valence-corrected chi connectivity index (χ1v) is 6.37. The van der Waals surface area contributed by atoms with Crippen molar-refractivity contribution in [3.63, 3.8) is 0 Å². The maximum atomic E-state index is 11.0. The Morgan fingerprint density at radius 1 is 1.22 bits per heavy atom. The SMILES string of the molecule is CCCCOCc1ccc(CNC(=O)NC)cc1. The minimum absolute atomic E-state index is 0.165. The highest BCUT2D eigenvalue weighted by atomic mass is 16.5. The molecule has 4 heteroatoms. The smallest absolute Gasteiger partial charge is 0.314 e. The van der Waals surface area contributed by atoms with Gasteiger partial charge in [0.25, 0.3) is 0 Å². The quantitative estimate of drug-likeness (QED) is 0.730. The van der Waals surface area contributed by atoms with Gasteiger partial charge < -0.3 is 15.4 Å². The number of urea groups is 1. The summed E-state index contributed by atoms with van der Waals surface area (Å²) in [6.07, 6.45) is 2.26. The summed E-state index contributed by atoms with van der Waals surface area (Å²) in [5, 5.41) is 5.26. The highest BCUT2D eigenvalue weighted by Gasteiger charge is 1.98. The van der Waals surface area contributed by atoms with E-state index in [1.165, 1.54) is 0 Å². The number of unbranched alkanes of at least 4 members (excludes halogenated alkanes) is 1. The molecule has 0 aliphatic heterocycles. The Morgan fingerprint density at radius 2 is 1.89 bits per heavy atom. The number of hydrogen-bond acceptors (Lipinski definition) is 2. The van der Waals surface area contributed by atoms with Crippen LogP contribution in [0.2, 0.25) is 0 Å². The Bertz CT molecular complexity index is 349. The van der Waals surface area contributed by atoms with E-state index in [1.54, 1.807) is 7.05 Å². The van der Waals surface area contributed by atoms with Gasteiger partial charge in [0.1, 0.15) is 0 Å². The lowest BCUT2D eigenvalue weighted by Crippen LogP contribution is -2.32. The van der Waals surface area contributed by atoms with Crippen LogP contribution in [0.3, 0.4) is 0 Å². The normalized spacial score (nSPS) is 10.1. The number of nitrogens with one attached hydrogen (secondary N) is 2. The van der Waals surface area contributed by atoms with Crippen LogP contribution in [0.15, 0.2) is 24.3 Å². The van der Waals surface area contributed by atoms with Crippen LogP contribution >= 0.6 is 0 Å². The van der Waals surface area contributed by atoms with Gasteiger partial charge in [-0.1, -0.05) is 37.6 Å². The summed E-state index contributed by atoms with van der Waals surface area (Å²) in [7, 11) is 1.60. The molecule has 0 saturated carbocycles. The van der Waals surface area contributed by atoms with E-state index in [4.69, 9.17) is 4.74 Å². The molecule has 0 unspecified atom stereocenters. The van der Waals surface area contributed by atoms with Crippen molar-refractivity contribution >= 4 is 6.03 Å². The minimum atomic E-state index is -0.165. The van der Waals surface area contributed by atoms with Crippen molar-refractivity contribution in [2.75, 3.05) is 13.7 Å². The molecule has 0 bridgehead atoms. The zero-order chi connectivity index (χ0) is 13.2. The number of amides is 2. The van der Waals surface area contributed by atoms with E-state index in [9.17, 15) is 4.79 Å². The van der Waals surface area contributed by atoms with Gasteiger partial charge in [-0.3, -0.25) is 0 Å².